The van der Waals surface area contributed by atoms with Crippen molar-refractivity contribution in [2.45, 2.75) is 0 Å². The molecule has 1 fully saturated rings. The highest BCUT2D eigenvalue weighted by Crippen LogP contribution is 2.27. The summed E-state index contributed by atoms with van der Waals surface area (Å²) in [5.74, 6) is 2.39. The molecule has 26 heavy (non-hydrogen) atoms. The van der Waals surface area contributed by atoms with Crippen molar-refractivity contribution < 1.29 is 0 Å². The number of nitriles is 1. The van der Waals surface area contributed by atoms with E-state index in [1.165, 1.54) is 17.2 Å². The molecule has 1 aromatic heterocycles. The molecule has 0 radical (unpaired) electrons. The molecule has 0 bridgehead atoms. The molecule has 0 aliphatic carbocycles. The quantitative estimate of drug-likeness (QED) is 0.665. The standard InChI is InChI=1S/C20H17ClN4S/c21-19-11-15(12-22)1-6-20(19)25-14-17(13-23-25)16-2-4-18(5-3-16)24-7-9-26-10-8-24/h1-6,11,13-14H,7-10H2. The van der Waals surface area contributed by atoms with Gasteiger partial charge in [0, 0.05) is 42.0 Å². The van der Waals surface area contributed by atoms with Gasteiger partial charge in [0.15, 0.2) is 0 Å². The van der Waals surface area contributed by atoms with Crippen molar-refractivity contribution in [3.63, 3.8) is 0 Å². The monoisotopic (exact) mass is 380 g/mol. The summed E-state index contributed by atoms with van der Waals surface area (Å²) >= 11 is 8.30. The summed E-state index contributed by atoms with van der Waals surface area (Å²) in [5.41, 5.74) is 4.73. The number of hydrogen-bond donors (Lipinski definition) is 0. The molecule has 0 amide bonds. The molecule has 0 spiro atoms. The average Bonchev–Trinajstić information content (AvgIpc) is 3.18. The van der Waals surface area contributed by atoms with E-state index in [4.69, 9.17) is 16.9 Å². The van der Waals surface area contributed by atoms with E-state index in [2.05, 4.69) is 40.3 Å². The lowest BCUT2D eigenvalue weighted by molar-refractivity contribution is 0.859. The molecule has 0 atom stereocenters. The van der Waals surface area contributed by atoms with Crippen LogP contribution in [0.3, 0.4) is 0 Å². The van der Waals surface area contributed by atoms with Crippen LogP contribution in [0.15, 0.2) is 54.9 Å². The number of halogens is 1. The molecule has 0 N–H and O–H groups in total. The first-order valence-electron chi connectivity index (χ1n) is 8.42. The summed E-state index contributed by atoms with van der Waals surface area (Å²) in [6.07, 6.45) is 3.79. The Morgan fingerprint density at radius 1 is 1.04 bits per heavy atom. The number of nitrogens with zero attached hydrogens (tertiary/aromatic N) is 4. The summed E-state index contributed by atoms with van der Waals surface area (Å²) in [6, 6.07) is 15.9. The molecule has 6 heteroatoms. The molecule has 1 aliphatic rings. The zero-order valence-corrected chi connectivity index (χ0v) is 15.7. The molecule has 0 unspecified atom stereocenters. The minimum atomic E-state index is 0.511. The van der Waals surface area contributed by atoms with Gasteiger partial charge in [-0.05, 0) is 35.9 Å². The molecule has 4 rings (SSSR count). The maximum Gasteiger partial charge on any atom is 0.0992 e. The van der Waals surface area contributed by atoms with Gasteiger partial charge in [-0.2, -0.15) is 22.1 Å². The number of thioether (sulfide) groups is 1. The molecule has 2 heterocycles. The van der Waals surface area contributed by atoms with Crippen LogP contribution in [-0.2, 0) is 0 Å². The van der Waals surface area contributed by atoms with E-state index >= 15 is 0 Å². The van der Waals surface area contributed by atoms with Gasteiger partial charge in [-0.15, -0.1) is 0 Å². The zero-order valence-electron chi connectivity index (χ0n) is 14.1. The van der Waals surface area contributed by atoms with Crippen LogP contribution in [0.4, 0.5) is 5.69 Å². The molecule has 0 saturated carbocycles. The van der Waals surface area contributed by atoms with Gasteiger partial charge in [0.25, 0.3) is 0 Å². The lowest BCUT2D eigenvalue weighted by atomic mass is 10.1. The fourth-order valence-corrected chi connectivity index (χ4v) is 4.22. The largest absolute Gasteiger partial charge is 0.370 e. The maximum absolute atomic E-state index is 8.96. The number of benzene rings is 2. The Kier molecular flexibility index (Phi) is 4.87. The summed E-state index contributed by atoms with van der Waals surface area (Å²) in [4.78, 5) is 2.43. The van der Waals surface area contributed by atoms with Crippen LogP contribution >= 0.6 is 23.4 Å². The molecular weight excluding hydrogens is 364 g/mol. The van der Waals surface area contributed by atoms with E-state index in [9.17, 15) is 0 Å². The number of anilines is 1. The van der Waals surface area contributed by atoms with Crippen LogP contribution in [0.5, 0.6) is 0 Å². The number of hydrogen-bond acceptors (Lipinski definition) is 4. The first-order valence-corrected chi connectivity index (χ1v) is 9.96. The van der Waals surface area contributed by atoms with Gasteiger partial charge in [-0.3, -0.25) is 0 Å². The van der Waals surface area contributed by atoms with Gasteiger partial charge in [0.05, 0.1) is 28.5 Å². The molecule has 130 valence electrons. The van der Waals surface area contributed by atoms with Crippen molar-refractivity contribution in [1.82, 2.24) is 9.78 Å². The summed E-state index contributed by atoms with van der Waals surface area (Å²) < 4.78 is 1.74. The van der Waals surface area contributed by atoms with Crippen LogP contribution < -0.4 is 4.90 Å². The van der Waals surface area contributed by atoms with Crippen LogP contribution in [-0.4, -0.2) is 34.4 Å². The predicted molar refractivity (Wildman–Crippen MR) is 108 cm³/mol. The fraction of sp³-hybridized carbons (Fsp3) is 0.200. The van der Waals surface area contributed by atoms with Crippen LogP contribution in [0.25, 0.3) is 16.8 Å². The van der Waals surface area contributed by atoms with E-state index in [0.717, 1.165) is 29.9 Å². The number of rotatable bonds is 3. The predicted octanol–water partition coefficient (Wildman–Crippen LogP) is 4.62. The SMILES string of the molecule is N#Cc1ccc(-n2cc(-c3ccc(N4CCSCC4)cc3)cn2)c(Cl)c1. The second-order valence-corrected chi connectivity index (χ2v) is 7.73. The minimum absolute atomic E-state index is 0.511. The van der Waals surface area contributed by atoms with Gasteiger partial charge < -0.3 is 4.90 Å². The first-order chi connectivity index (χ1) is 12.7. The Morgan fingerprint density at radius 2 is 1.81 bits per heavy atom. The van der Waals surface area contributed by atoms with Crippen LogP contribution in [0.2, 0.25) is 5.02 Å². The second-order valence-electron chi connectivity index (χ2n) is 6.10. The van der Waals surface area contributed by atoms with Crippen molar-refractivity contribution in [3.8, 4) is 22.9 Å². The number of aromatic nitrogens is 2. The van der Waals surface area contributed by atoms with Gasteiger partial charge in [0.2, 0.25) is 0 Å². The zero-order chi connectivity index (χ0) is 17.9. The second kappa shape index (κ2) is 7.45. The van der Waals surface area contributed by atoms with Crippen molar-refractivity contribution >= 4 is 29.1 Å². The minimum Gasteiger partial charge on any atom is -0.370 e. The Bertz CT molecular complexity index is 953. The van der Waals surface area contributed by atoms with Gasteiger partial charge in [-0.1, -0.05) is 23.7 Å². The lowest BCUT2D eigenvalue weighted by Crippen LogP contribution is -2.32. The summed E-state index contributed by atoms with van der Waals surface area (Å²) in [6.45, 7) is 2.22. The van der Waals surface area contributed by atoms with Gasteiger partial charge in [0.1, 0.15) is 0 Å². The average molecular weight is 381 g/mol. The highest BCUT2D eigenvalue weighted by molar-refractivity contribution is 7.99. The molecule has 4 nitrogen and oxygen atoms in total. The third-order valence-corrected chi connectivity index (χ3v) is 5.73. The first kappa shape index (κ1) is 17.0. The summed E-state index contributed by atoms with van der Waals surface area (Å²) in [5, 5.41) is 13.9. The smallest absolute Gasteiger partial charge is 0.0992 e. The van der Waals surface area contributed by atoms with Crippen molar-refractivity contribution in [3.05, 3.63) is 65.4 Å². The molecule has 1 aliphatic heterocycles. The van der Waals surface area contributed by atoms with E-state index < -0.39 is 0 Å². The van der Waals surface area contributed by atoms with E-state index in [-0.39, 0.29) is 0 Å². The van der Waals surface area contributed by atoms with Gasteiger partial charge in [-0.25, -0.2) is 4.68 Å². The van der Waals surface area contributed by atoms with Gasteiger partial charge >= 0.3 is 0 Å². The Hall–Kier alpha value is -2.42. The van der Waals surface area contributed by atoms with Crippen molar-refractivity contribution in [1.29, 1.82) is 5.26 Å². The Morgan fingerprint density at radius 3 is 2.50 bits per heavy atom. The highest BCUT2D eigenvalue weighted by Gasteiger charge is 2.12. The topological polar surface area (TPSA) is 44.9 Å². The van der Waals surface area contributed by atoms with Crippen LogP contribution in [0.1, 0.15) is 5.56 Å². The lowest BCUT2D eigenvalue weighted by Gasteiger charge is -2.28. The summed E-state index contributed by atoms with van der Waals surface area (Å²) in [7, 11) is 0. The van der Waals surface area contributed by atoms with Crippen LogP contribution in [0, 0.1) is 11.3 Å². The molecular formula is C20H17ClN4S. The normalized spacial score (nSPS) is 14.2. The van der Waals surface area contributed by atoms with Crippen molar-refractivity contribution in [2.75, 3.05) is 29.5 Å². The maximum atomic E-state index is 8.96. The fourth-order valence-electron chi connectivity index (χ4n) is 3.05. The highest BCUT2D eigenvalue weighted by atomic mass is 35.5. The van der Waals surface area contributed by atoms with E-state index in [1.807, 2.05) is 30.2 Å². The van der Waals surface area contributed by atoms with E-state index in [0.29, 0.717) is 10.6 Å². The third-order valence-electron chi connectivity index (χ3n) is 4.48. The van der Waals surface area contributed by atoms with E-state index in [1.54, 1.807) is 16.8 Å². The Labute approximate surface area is 162 Å². The third kappa shape index (κ3) is 3.44. The molecule has 2 aromatic carbocycles. The molecule has 1 saturated heterocycles. The Balaban J connectivity index is 1.57. The van der Waals surface area contributed by atoms with Crippen molar-refractivity contribution in [2.24, 2.45) is 0 Å². The molecule has 3 aromatic rings.